The van der Waals surface area contributed by atoms with Crippen LogP contribution < -0.4 is 10.9 Å². The Morgan fingerprint density at radius 2 is 1.96 bits per heavy atom. The highest BCUT2D eigenvalue weighted by atomic mass is 32.1. The van der Waals surface area contributed by atoms with Crippen molar-refractivity contribution in [2.24, 2.45) is 0 Å². The molecule has 0 fully saturated rings. The summed E-state index contributed by atoms with van der Waals surface area (Å²) >= 11 is 1.08. The Bertz CT molecular complexity index is 1010. The lowest BCUT2D eigenvalue weighted by Gasteiger charge is -2.06. The molecule has 2 heterocycles. The highest BCUT2D eigenvalue weighted by Gasteiger charge is 2.20. The van der Waals surface area contributed by atoms with E-state index in [0.29, 0.717) is 27.3 Å². The number of H-pyrrole nitrogens is 1. The summed E-state index contributed by atoms with van der Waals surface area (Å²) in [5, 5.41) is 3.00. The number of hydrogen-bond donors (Lipinski definition) is 2. The number of rotatable bonds is 4. The van der Waals surface area contributed by atoms with Crippen LogP contribution in [0.25, 0.3) is 10.2 Å². The molecule has 25 heavy (non-hydrogen) atoms. The number of ether oxygens (including phenoxy) is 1. The molecule has 0 aliphatic rings. The zero-order valence-corrected chi connectivity index (χ0v) is 14.4. The lowest BCUT2D eigenvalue weighted by molar-refractivity contribution is -0.119. The van der Waals surface area contributed by atoms with Crippen LogP contribution in [-0.2, 0) is 9.53 Å². The molecule has 2 aromatic heterocycles. The summed E-state index contributed by atoms with van der Waals surface area (Å²) in [6.07, 6.45) is 0. The number of aromatic nitrogens is 2. The van der Waals surface area contributed by atoms with E-state index in [1.165, 1.54) is 0 Å². The molecule has 0 aliphatic carbocycles. The Balaban J connectivity index is 1.72. The van der Waals surface area contributed by atoms with E-state index in [0.717, 1.165) is 11.3 Å². The lowest BCUT2D eigenvalue weighted by atomic mass is 10.2. The van der Waals surface area contributed by atoms with Crippen molar-refractivity contribution < 1.29 is 14.3 Å². The van der Waals surface area contributed by atoms with Crippen LogP contribution in [0.5, 0.6) is 0 Å². The van der Waals surface area contributed by atoms with Crippen molar-refractivity contribution in [2.75, 3.05) is 11.9 Å². The molecule has 1 amide bonds. The Kier molecular flexibility index (Phi) is 4.62. The van der Waals surface area contributed by atoms with E-state index in [-0.39, 0.29) is 10.4 Å². The number of aromatic amines is 1. The fourth-order valence-corrected chi connectivity index (χ4v) is 3.48. The molecule has 8 heteroatoms. The van der Waals surface area contributed by atoms with Gasteiger partial charge in [-0.2, -0.15) is 0 Å². The molecule has 0 unspecified atom stereocenters. The standard InChI is InChI=1S/C17H15N3O4S/c1-9-13-15(22)18-10(2)19-16(13)25-14(9)17(23)24-8-12(21)20-11-6-4-3-5-7-11/h3-7H,8H2,1-2H3,(H,20,21)(H,18,19,22). The SMILES string of the molecule is Cc1nc2sc(C(=O)OCC(=O)Nc3ccccc3)c(C)c2c(=O)[nH]1. The zero-order valence-electron chi connectivity index (χ0n) is 13.6. The normalized spacial score (nSPS) is 10.6. The van der Waals surface area contributed by atoms with Gasteiger partial charge in [-0.3, -0.25) is 9.59 Å². The van der Waals surface area contributed by atoms with Gasteiger partial charge in [-0.05, 0) is 31.5 Å². The van der Waals surface area contributed by atoms with E-state index in [2.05, 4.69) is 15.3 Å². The predicted molar refractivity (Wildman–Crippen MR) is 95.1 cm³/mol. The van der Waals surface area contributed by atoms with Crippen molar-refractivity contribution in [1.29, 1.82) is 0 Å². The molecule has 0 spiro atoms. The monoisotopic (exact) mass is 357 g/mol. The number of esters is 1. The summed E-state index contributed by atoms with van der Waals surface area (Å²) in [6, 6.07) is 8.87. The van der Waals surface area contributed by atoms with Gasteiger partial charge in [0.1, 0.15) is 15.5 Å². The van der Waals surface area contributed by atoms with Crippen molar-refractivity contribution in [3.63, 3.8) is 0 Å². The van der Waals surface area contributed by atoms with Gasteiger partial charge < -0.3 is 15.0 Å². The maximum Gasteiger partial charge on any atom is 0.349 e. The molecule has 0 saturated carbocycles. The van der Waals surface area contributed by atoms with Crippen LogP contribution >= 0.6 is 11.3 Å². The summed E-state index contributed by atoms with van der Waals surface area (Å²) in [7, 11) is 0. The van der Waals surface area contributed by atoms with Gasteiger partial charge in [0.2, 0.25) is 0 Å². The average molecular weight is 357 g/mol. The third kappa shape index (κ3) is 3.58. The number of thiophene rings is 1. The summed E-state index contributed by atoms with van der Waals surface area (Å²) in [4.78, 5) is 43.7. The first-order valence-corrected chi connectivity index (χ1v) is 8.29. The number of anilines is 1. The first-order valence-electron chi connectivity index (χ1n) is 7.47. The predicted octanol–water partition coefficient (Wildman–Crippen LogP) is 2.40. The molecule has 0 bridgehead atoms. The van der Waals surface area contributed by atoms with Crippen molar-refractivity contribution in [2.45, 2.75) is 13.8 Å². The van der Waals surface area contributed by atoms with Crippen LogP contribution in [0.15, 0.2) is 35.1 Å². The van der Waals surface area contributed by atoms with E-state index >= 15 is 0 Å². The minimum absolute atomic E-state index is 0.270. The minimum atomic E-state index is -0.652. The lowest BCUT2D eigenvalue weighted by Crippen LogP contribution is -2.20. The van der Waals surface area contributed by atoms with Gasteiger partial charge in [0.15, 0.2) is 6.61 Å². The second kappa shape index (κ2) is 6.86. The van der Waals surface area contributed by atoms with Gasteiger partial charge in [-0.1, -0.05) is 18.2 Å². The Labute approximate surface area is 146 Å². The van der Waals surface area contributed by atoms with Crippen molar-refractivity contribution in [3.8, 4) is 0 Å². The van der Waals surface area contributed by atoms with Crippen LogP contribution in [0.4, 0.5) is 5.69 Å². The van der Waals surface area contributed by atoms with Gasteiger partial charge in [0.25, 0.3) is 11.5 Å². The highest BCUT2D eigenvalue weighted by Crippen LogP contribution is 2.27. The number of carbonyl (C=O) groups is 2. The Morgan fingerprint density at radius 1 is 1.24 bits per heavy atom. The largest absolute Gasteiger partial charge is 0.451 e. The topological polar surface area (TPSA) is 101 Å². The van der Waals surface area contributed by atoms with Crippen LogP contribution in [-0.4, -0.2) is 28.5 Å². The van der Waals surface area contributed by atoms with Gasteiger partial charge in [0.05, 0.1) is 5.39 Å². The van der Waals surface area contributed by atoms with Crippen LogP contribution in [0.3, 0.4) is 0 Å². The molecule has 0 radical (unpaired) electrons. The molecule has 0 saturated heterocycles. The summed E-state index contributed by atoms with van der Waals surface area (Å²) in [6.45, 7) is 2.91. The molecule has 3 rings (SSSR count). The van der Waals surface area contributed by atoms with Gasteiger partial charge >= 0.3 is 5.97 Å². The van der Waals surface area contributed by atoms with Gasteiger partial charge in [-0.25, -0.2) is 9.78 Å². The molecule has 128 valence electrons. The number of amides is 1. The molecule has 7 nitrogen and oxygen atoms in total. The van der Waals surface area contributed by atoms with Gasteiger partial charge in [-0.15, -0.1) is 11.3 Å². The summed E-state index contributed by atoms with van der Waals surface area (Å²) in [5.74, 6) is -0.619. The van der Waals surface area contributed by atoms with Crippen LogP contribution in [0, 0.1) is 13.8 Å². The number of aryl methyl sites for hydroxylation is 2. The maximum atomic E-state index is 12.3. The first kappa shape index (κ1) is 16.8. The summed E-state index contributed by atoms with van der Waals surface area (Å²) in [5.41, 5.74) is 0.826. The van der Waals surface area contributed by atoms with Crippen molar-refractivity contribution >= 4 is 39.1 Å². The molecular formula is C17H15N3O4S. The summed E-state index contributed by atoms with van der Waals surface area (Å²) < 4.78 is 5.06. The second-order valence-electron chi connectivity index (χ2n) is 5.38. The molecule has 0 aliphatic heterocycles. The van der Waals surface area contributed by atoms with E-state index < -0.39 is 18.5 Å². The molecule has 1 aromatic carbocycles. The number of carbonyl (C=O) groups excluding carboxylic acids is 2. The quantitative estimate of drug-likeness (QED) is 0.698. The molecule has 2 N–H and O–H groups in total. The number of nitrogens with one attached hydrogen (secondary N) is 2. The molecule has 0 atom stereocenters. The third-order valence-corrected chi connectivity index (χ3v) is 4.66. The van der Waals surface area contributed by atoms with E-state index in [1.54, 1.807) is 38.1 Å². The highest BCUT2D eigenvalue weighted by molar-refractivity contribution is 7.20. The molecule has 3 aromatic rings. The van der Waals surface area contributed by atoms with E-state index in [4.69, 9.17) is 4.74 Å². The van der Waals surface area contributed by atoms with Crippen molar-refractivity contribution in [1.82, 2.24) is 9.97 Å². The maximum absolute atomic E-state index is 12.3. The fourth-order valence-electron chi connectivity index (χ4n) is 2.36. The Hall–Kier alpha value is -3.00. The number of hydrogen-bond acceptors (Lipinski definition) is 6. The smallest absolute Gasteiger partial charge is 0.349 e. The van der Waals surface area contributed by atoms with Crippen molar-refractivity contribution in [3.05, 3.63) is 57.0 Å². The number of benzene rings is 1. The second-order valence-corrected chi connectivity index (χ2v) is 6.38. The van der Waals surface area contributed by atoms with E-state index in [9.17, 15) is 14.4 Å². The fraction of sp³-hybridized carbons (Fsp3) is 0.176. The number of fused-ring (bicyclic) bond motifs is 1. The number of para-hydroxylation sites is 1. The number of nitrogens with zero attached hydrogens (tertiary/aromatic N) is 1. The van der Waals surface area contributed by atoms with Gasteiger partial charge in [0, 0.05) is 5.69 Å². The van der Waals surface area contributed by atoms with Crippen LogP contribution in [0.1, 0.15) is 21.1 Å². The minimum Gasteiger partial charge on any atom is -0.451 e. The molecular weight excluding hydrogens is 342 g/mol. The zero-order chi connectivity index (χ0) is 18.0. The van der Waals surface area contributed by atoms with Crippen LogP contribution in [0.2, 0.25) is 0 Å². The third-order valence-electron chi connectivity index (χ3n) is 3.50. The first-order chi connectivity index (χ1) is 12.0. The Morgan fingerprint density at radius 3 is 2.68 bits per heavy atom. The average Bonchev–Trinajstić information content (AvgIpc) is 2.90. The van der Waals surface area contributed by atoms with E-state index in [1.807, 2.05) is 6.07 Å².